The first-order valence-corrected chi connectivity index (χ1v) is 8.07. The van der Waals surface area contributed by atoms with E-state index in [9.17, 15) is 9.59 Å². The Bertz CT molecular complexity index is 549. The van der Waals surface area contributed by atoms with Gasteiger partial charge in [-0.1, -0.05) is 13.0 Å². The molecule has 0 spiro atoms. The molecule has 0 aliphatic heterocycles. The number of hydrogen-bond donors (Lipinski definition) is 2. The third kappa shape index (κ3) is 6.36. The zero-order valence-corrected chi connectivity index (χ0v) is 14.8. The summed E-state index contributed by atoms with van der Waals surface area (Å²) >= 11 is 0. The summed E-state index contributed by atoms with van der Waals surface area (Å²) in [6, 6.07) is 5.23. The SMILES string of the molecule is CCCN(C)C(=O)NCc1ccc(OCC(=O)NCC)c(OC)c1. The maximum absolute atomic E-state index is 11.9. The third-order valence-corrected chi connectivity index (χ3v) is 3.31. The Labute approximate surface area is 143 Å². The highest BCUT2D eigenvalue weighted by molar-refractivity contribution is 5.77. The van der Waals surface area contributed by atoms with E-state index in [-0.39, 0.29) is 18.5 Å². The molecule has 0 bridgehead atoms. The van der Waals surface area contributed by atoms with Gasteiger partial charge in [0.05, 0.1) is 7.11 Å². The summed E-state index contributed by atoms with van der Waals surface area (Å²) < 4.78 is 10.8. The second-order valence-corrected chi connectivity index (χ2v) is 5.31. The number of carbonyl (C=O) groups is 2. The number of urea groups is 1. The summed E-state index contributed by atoms with van der Waals surface area (Å²) in [6.45, 7) is 5.46. The lowest BCUT2D eigenvalue weighted by molar-refractivity contribution is -0.123. The first-order valence-electron chi connectivity index (χ1n) is 8.07. The Kier molecular flexibility index (Phi) is 8.46. The number of amides is 3. The van der Waals surface area contributed by atoms with Crippen LogP contribution in [0.15, 0.2) is 18.2 Å². The largest absolute Gasteiger partial charge is 0.493 e. The van der Waals surface area contributed by atoms with Gasteiger partial charge in [-0.25, -0.2) is 4.79 Å². The van der Waals surface area contributed by atoms with Crippen molar-refractivity contribution in [1.29, 1.82) is 0 Å². The van der Waals surface area contributed by atoms with Crippen LogP contribution in [0.1, 0.15) is 25.8 Å². The van der Waals surface area contributed by atoms with E-state index in [0.29, 0.717) is 31.1 Å². The number of nitrogens with zero attached hydrogens (tertiary/aromatic N) is 1. The molecule has 0 saturated heterocycles. The van der Waals surface area contributed by atoms with E-state index in [2.05, 4.69) is 10.6 Å². The van der Waals surface area contributed by atoms with Crippen LogP contribution in [-0.4, -0.2) is 50.7 Å². The molecule has 0 aliphatic rings. The average molecular weight is 337 g/mol. The lowest BCUT2D eigenvalue weighted by atomic mass is 10.2. The fourth-order valence-electron chi connectivity index (χ4n) is 2.08. The van der Waals surface area contributed by atoms with Crippen LogP contribution in [0.2, 0.25) is 0 Å². The molecular weight excluding hydrogens is 310 g/mol. The average Bonchev–Trinajstić information content (AvgIpc) is 2.58. The summed E-state index contributed by atoms with van der Waals surface area (Å²) in [6.07, 6.45) is 0.912. The van der Waals surface area contributed by atoms with Crippen molar-refractivity contribution in [1.82, 2.24) is 15.5 Å². The first-order chi connectivity index (χ1) is 11.5. The van der Waals surface area contributed by atoms with E-state index in [1.807, 2.05) is 19.9 Å². The zero-order chi connectivity index (χ0) is 17.9. The van der Waals surface area contributed by atoms with Gasteiger partial charge >= 0.3 is 6.03 Å². The molecule has 134 valence electrons. The minimum absolute atomic E-state index is 0.0674. The predicted molar refractivity (Wildman–Crippen MR) is 92.3 cm³/mol. The fraction of sp³-hybridized carbons (Fsp3) is 0.529. The van der Waals surface area contributed by atoms with E-state index >= 15 is 0 Å². The van der Waals surface area contributed by atoms with Gasteiger partial charge in [0.25, 0.3) is 5.91 Å². The van der Waals surface area contributed by atoms with Gasteiger partial charge in [0.1, 0.15) is 0 Å². The Morgan fingerprint density at radius 1 is 1.17 bits per heavy atom. The third-order valence-electron chi connectivity index (χ3n) is 3.31. The van der Waals surface area contributed by atoms with Crippen LogP contribution in [-0.2, 0) is 11.3 Å². The lowest BCUT2D eigenvalue weighted by Gasteiger charge is -2.17. The van der Waals surface area contributed by atoms with Crippen molar-refractivity contribution >= 4 is 11.9 Å². The fourth-order valence-corrected chi connectivity index (χ4v) is 2.08. The molecule has 0 aliphatic carbocycles. The van der Waals surface area contributed by atoms with Gasteiger partial charge in [-0.2, -0.15) is 0 Å². The molecule has 0 heterocycles. The van der Waals surface area contributed by atoms with Gasteiger partial charge < -0.3 is 25.0 Å². The van der Waals surface area contributed by atoms with Crippen LogP contribution in [0, 0.1) is 0 Å². The van der Waals surface area contributed by atoms with Crippen LogP contribution in [0.4, 0.5) is 4.79 Å². The number of methoxy groups -OCH3 is 1. The first kappa shape index (κ1) is 19.6. The quantitative estimate of drug-likeness (QED) is 0.720. The second kappa shape index (κ2) is 10.4. The number of likely N-dealkylation sites (N-methyl/N-ethyl adjacent to an activating group) is 1. The zero-order valence-electron chi connectivity index (χ0n) is 14.8. The van der Waals surface area contributed by atoms with Crippen molar-refractivity contribution in [3.8, 4) is 11.5 Å². The Morgan fingerprint density at radius 2 is 1.92 bits per heavy atom. The van der Waals surface area contributed by atoms with Crippen LogP contribution < -0.4 is 20.1 Å². The molecule has 2 N–H and O–H groups in total. The summed E-state index contributed by atoms with van der Waals surface area (Å²) in [5, 5.41) is 5.51. The van der Waals surface area contributed by atoms with Crippen molar-refractivity contribution in [3.05, 3.63) is 23.8 Å². The maximum atomic E-state index is 11.9. The summed E-state index contributed by atoms with van der Waals surface area (Å²) in [4.78, 5) is 25.0. The number of carbonyl (C=O) groups excluding carboxylic acids is 2. The van der Waals surface area contributed by atoms with Gasteiger partial charge in [-0.15, -0.1) is 0 Å². The van der Waals surface area contributed by atoms with E-state index < -0.39 is 0 Å². The highest BCUT2D eigenvalue weighted by Crippen LogP contribution is 2.28. The molecule has 0 atom stereocenters. The molecule has 7 nitrogen and oxygen atoms in total. The molecule has 1 aromatic carbocycles. The monoisotopic (exact) mass is 337 g/mol. The normalized spacial score (nSPS) is 10.0. The summed E-state index contributed by atoms with van der Waals surface area (Å²) in [5.41, 5.74) is 0.885. The molecule has 0 unspecified atom stereocenters. The van der Waals surface area contributed by atoms with Crippen LogP contribution in [0.5, 0.6) is 11.5 Å². The van der Waals surface area contributed by atoms with Crippen LogP contribution in [0.25, 0.3) is 0 Å². The van der Waals surface area contributed by atoms with Crippen molar-refractivity contribution in [2.24, 2.45) is 0 Å². The second-order valence-electron chi connectivity index (χ2n) is 5.31. The van der Waals surface area contributed by atoms with E-state index in [0.717, 1.165) is 12.0 Å². The van der Waals surface area contributed by atoms with Gasteiger partial charge in [0.15, 0.2) is 18.1 Å². The number of ether oxygens (including phenoxy) is 2. The molecule has 1 aromatic rings. The summed E-state index contributed by atoms with van der Waals surface area (Å²) in [5.74, 6) is 0.824. The highest BCUT2D eigenvalue weighted by Gasteiger charge is 2.10. The van der Waals surface area contributed by atoms with Gasteiger partial charge in [0, 0.05) is 26.7 Å². The Balaban J connectivity index is 2.62. The topological polar surface area (TPSA) is 79.9 Å². The van der Waals surface area contributed by atoms with Crippen molar-refractivity contribution in [3.63, 3.8) is 0 Å². The van der Waals surface area contributed by atoms with E-state index in [1.54, 1.807) is 24.1 Å². The molecule has 24 heavy (non-hydrogen) atoms. The van der Waals surface area contributed by atoms with Crippen LogP contribution in [0.3, 0.4) is 0 Å². The number of hydrogen-bond acceptors (Lipinski definition) is 4. The lowest BCUT2D eigenvalue weighted by Crippen LogP contribution is -2.37. The molecule has 0 aromatic heterocycles. The van der Waals surface area contributed by atoms with Gasteiger partial charge in [-0.3, -0.25) is 4.79 Å². The highest BCUT2D eigenvalue weighted by atomic mass is 16.5. The molecule has 1 rings (SSSR count). The Morgan fingerprint density at radius 3 is 2.54 bits per heavy atom. The number of nitrogens with one attached hydrogen (secondary N) is 2. The Hall–Kier alpha value is -2.44. The minimum atomic E-state index is -0.185. The smallest absolute Gasteiger partial charge is 0.317 e. The molecule has 0 fully saturated rings. The molecule has 3 amide bonds. The summed E-state index contributed by atoms with van der Waals surface area (Å²) in [7, 11) is 3.30. The van der Waals surface area contributed by atoms with Crippen LogP contribution >= 0.6 is 0 Å². The van der Waals surface area contributed by atoms with Crippen molar-refractivity contribution in [2.45, 2.75) is 26.8 Å². The van der Waals surface area contributed by atoms with Gasteiger partial charge in [-0.05, 0) is 31.0 Å². The molecule has 7 heteroatoms. The molecule has 0 radical (unpaired) electrons. The van der Waals surface area contributed by atoms with Crippen molar-refractivity contribution < 1.29 is 19.1 Å². The number of benzene rings is 1. The van der Waals surface area contributed by atoms with Gasteiger partial charge in [0.2, 0.25) is 0 Å². The maximum Gasteiger partial charge on any atom is 0.317 e. The minimum Gasteiger partial charge on any atom is -0.493 e. The van der Waals surface area contributed by atoms with E-state index in [4.69, 9.17) is 9.47 Å². The number of rotatable bonds is 9. The molecule has 0 saturated carbocycles. The van der Waals surface area contributed by atoms with E-state index in [1.165, 1.54) is 7.11 Å². The predicted octanol–water partition coefficient (Wildman–Crippen LogP) is 1.76. The molecular formula is C17H27N3O4. The van der Waals surface area contributed by atoms with Crippen molar-refractivity contribution in [2.75, 3.05) is 33.9 Å². The standard InChI is InChI=1S/C17H27N3O4/c1-5-9-20(3)17(22)19-11-13-7-8-14(15(10-13)23-4)24-12-16(21)18-6-2/h7-8,10H,5-6,9,11-12H2,1-4H3,(H,18,21)(H,19,22).